The maximum atomic E-state index is 5.73. The van der Waals surface area contributed by atoms with Crippen LogP contribution in [0.4, 0.5) is 0 Å². The van der Waals surface area contributed by atoms with Crippen molar-refractivity contribution in [2.45, 2.75) is 19.4 Å². The number of hydrogen-bond acceptors (Lipinski definition) is 2. The summed E-state index contributed by atoms with van der Waals surface area (Å²) < 4.78 is 0. The Labute approximate surface area is 89.1 Å². The third kappa shape index (κ3) is 2.05. The zero-order valence-corrected chi connectivity index (χ0v) is 8.84. The Bertz CT molecular complexity index is 408. The van der Waals surface area contributed by atoms with Crippen molar-refractivity contribution in [2.75, 3.05) is 0 Å². The lowest BCUT2D eigenvalue weighted by Gasteiger charge is -2.01. The number of nitrogens with two attached hydrogens (primary N) is 1. The molecule has 0 aliphatic rings. The van der Waals surface area contributed by atoms with Crippen LogP contribution < -0.4 is 5.73 Å². The van der Waals surface area contributed by atoms with Gasteiger partial charge in [-0.3, -0.25) is 5.10 Å². The van der Waals surface area contributed by atoms with Gasteiger partial charge in [-0.15, -0.1) is 12.4 Å². The highest BCUT2D eigenvalue weighted by molar-refractivity contribution is 5.85. The van der Waals surface area contributed by atoms with Crippen molar-refractivity contribution in [1.29, 1.82) is 0 Å². The summed E-state index contributed by atoms with van der Waals surface area (Å²) in [5.74, 6) is 0. The van der Waals surface area contributed by atoms with E-state index in [4.69, 9.17) is 5.73 Å². The predicted octanol–water partition coefficient (Wildman–Crippen LogP) is 1.87. The van der Waals surface area contributed by atoms with Crippen LogP contribution in [-0.2, 0) is 6.42 Å². The summed E-state index contributed by atoms with van der Waals surface area (Å²) in [4.78, 5) is 0. The van der Waals surface area contributed by atoms with Crippen molar-refractivity contribution in [3.05, 3.63) is 30.0 Å². The molecule has 0 amide bonds. The molecule has 1 heterocycles. The number of aromatic amines is 1. The highest BCUT2D eigenvalue weighted by Gasteiger charge is 2.05. The molecule has 1 atom stereocenters. The van der Waals surface area contributed by atoms with Gasteiger partial charge < -0.3 is 5.73 Å². The van der Waals surface area contributed by atoms with Crippen molar-refractivity contribution in [1.82, 2.24) is 10.2 Å². The molecular formula is C10H14ClN3. The lowest BCUT2D eigenvalue weighted by Crippen LogP contribution is -2.18. The summed E-state index contributed by atoms with van der Waals surface area (Å²) in [6.45, 7) is 2.00. The lowest BCUT2D eigenvalue weighted by molar-refractivity contribution is 0.722. The van der Waals surface area contributed by atoms with Gasteiger partial charge in [-0.2, -0.15) is 5.10 Å². The molecule has 0 radical (unpaired) electrons. The average molecular weight is 212 g/mol. The van der Waals surface area contributed by atoms with Gasteiger partial charge in [-0.1, -0.05) is 18.2 Å². The number of benzene rings is 1. The number of halogens is 1. The van der Waals surface area contributed by atoms with Crippen molar-refractivity contribution in [3.8, 4) is 0 Å². The molecule has 1 unspecified atom stereocenters. The molecule has 3 N–H and O–H groups in total. The van der Waals surface area contributed by atoms with E-state index in [1.54, 1.807) is 0 Å². The summed E-state index contributed by atoms with van der Waals surface area (Å²) in [5.41, 5.74) is 7.87. The largest absolute Gasteiger partial charge is 0.328 e. The molecular weight excluding hydrogens is 198 g/mol. The SMILES string of the molecule is CC(N)Cc1[nH]nc2ccccc12.Cl. The minimum atomic E-state index is 0. The highest BCUT2D eigenvalue weighted by atomic mass is 35.5. The first kappa shape index (κ1) is 11.0. The lowest BCUT2D eigenvalue weighted by atomic mass is 10.1. The first-order valence-corrected chi connectivity index (χ1v) is 4.45. The van der Waals surface area contributed by atoms with Crippen LogP contribution >= 0.6 is 12.4 Å². The van der Waals surface area contributed by atoms with Crippen LogP contribution in [0.25, 0.3) is 10.9 Å². The summed E-state index contributed by atoms with van der Waals surface area (Å²) >= 11 is 0. The zero-order valence-electron chi connectivity index (χ0n) is 8.03. The minimum absolute atomic E-state index is 0. The fourth-order valence-corrected chi connectivity index (χ4v) is 1.49. The van der Waals surface area contributed by atoms with E-state index in [9.17, 15) is 0 Å². The van der Waals surface area contributed by atoms with E-state index in [2.05, 4.69) is 16.3 Å². The van der Waals surface area contributed by atoms with Crippen LogP contribution in [0.5, 0.6) is 0 Å². The van der Waals surface area contributed by atoms with Gasteiger partial charge in [0.05, 0.1) is 5.52 Å². The van der Waals surface area contributed by atoms with E-state index < -0.39 is 0 Å². The molecule has 4 heteroatoms. The maximum Gasteiger partial charge on any atom is 0.0923 e. The van der Waals surface area contributed by atoms with Crippen molar-refractivity contribution in [2.24, 2.45) is 5.73 Å². The highest BCUT2D eigenvalue weighted by Crippen LogP contribution is 2.15. The van der Waals surface area contributed by atoms with Gasteiger partial charge in [0.15, 0.2) is 0 Å². The summed E-state index contributed by atoms with van der Waals surface area (Å²) in [6.07, 6.45) is 0.848. The Balaban J connectivity index is 0.000000980. The first-order chi connectivity index (χ1) is 6.27. The number of nitrogens with zero attached hydrogens (tertiary/aromatic N) is 1. The number of para-hydroxylation sites is 1. The van der Waals surface area contributed by atoms with E-state index in [0.29, 0.717) is 0 Å². The number of H-pyrrole nitrogens is 1. The molecule has 1 aromatic carbocycles. The van der Waals surface area contributed by atoms with Gasteiger partial charge >= 0.3 is 0 Å². The molecule has 76 valence electrons. The molecule has 0 spiro atoms. The quantitative estimate of drug-likeness (QED) is 0.797. The molecule has 2 rings (SSSR count). The Kier molecular flexibility index (Phi) is 3.49. The number of aromatic nitrogens is 2. The van der Waals surface area contributed by atoms with Crippen LogP contribution in [0, 0.1) is 0 Å². The van der Waals surface area contributed by atoms with Crippen molar-refractivity contribution >= 4 is 23.3 Å². The van der Waals surface area contributed by atoms with E-state index in [-0.39, 0.29) is 18.4 Å². The van der Waals surface area contributed by atoms with Gasteiger partial charge in [0.1, 0.15) is 0 Å². The van der Waals surface area contributed by atoms with Gasteiger partial charge in [0.25, 0.3) is 0 Å². The Morgan fingerprint density at radius 2 is 2.14 bits per heavy atom. The second-order valence-electron chi connectivity index (χ2n) is 3.40. The van der Waals surface area contributed by atoms with E-state index >= 15 is 0 Å². The van der Waals surface area contributed by atoms with Gasteiger partial charge in [-0.05, 0) is 13.0 Å². The third-order valence-corrected chi connectivity index (χ3v) is 2.07. The molecule has 0 fully saturated rings. The van der Waals surface area contributed by atoms with E-state index in [1.807, 2.05) is 25.1 Å². The molecule has 0 bridgehead atoms. The van der Waals surface area contributed by atoms with Crippen molar-refractivity contribution in [3.63, 3.8) is 0 Å². The topological polar surface area (TPSA) is 54.7 Å². The summed E-state index contributed by atoms with van der Waals surface area (Å²) in [6, 6.07) is 8.23. The molecule has 0 aliphatic heterocycles. The molecule has 3 nitrogen and oxygen atoms in total. The molecule has 2 aromatic rings. The third-order valence-electron chi connectivity index (χ3n) is 2.07. The van der Waals surface area contributed by atoms with E-state index in [1.165, 1.54) is 5.39 Å². The second-order valence-corrected chi connectivity index (χ2v) is 3.40. The number of rotatable bonds is 2. The number of nitrogens with one attached hydrogen (secondary N) is 1. The van der Waals surface area contributed by atoms with Crippen LogP contribution in [0.15, 0.2) is 24.3 Å². The molecule has 14 heavy (non-hydrogen) atoms. The van der Waals surface area contributed by atoms with Gasteiger partial charge in [0.2, 0.25) is 0 Å². The fourth-order valence-electron chi connectivity index (χ4n) is 1.49. The van der Waals surface area contributed by atoms with Gasteiger partial charge in [0, 0.05) is 23.5 Å². The average Bonchev–Trinajstić information content (AvgIpc) is 2.48. The maximum absolute atomic E-state index is 5.73. The number of fused-ring (bicyclic) bond motifs is 1. The predicted molar refractivity (Wildman–Crippen MR) is 60.7 cm³/mol. The van der Waals surface area contributed by atoms with Crippen LogP contribution in [0.3, 0.4) is 0 Å². The minimum Gasteiger partial charge on any atom is -0.328 e. The molecule has 0 saturated heterocycles. The fraction of sp³-hybridized carbons (Fsp3) is 0.300. The second kappa shape index (κ2) is 4.44. The van der Waals surface area contributed by atoms with Gasteiger partial charge in [-0.25, -0.2) is 0 Å². The van der Waals surface area contributed by atoms with Crippen LogP contribution in [0.2, 0.25) is 0 Å². The smallest absolute Gasteiger partial charge is 0.0923 e. The summed E-state index contributed by atoms with van der Waals surface area (Å²) in [7, 11) is 0. The van der Waals surface area contributed by atoms with Crippen molar-refractivity contribution < 1.29 is 0 Å². The Morgan fingerprint density at radius 3 is 2.86 bits per heavy atom. The summed E-state index contributed by atoms with van der Waals surface area (Å²) in [5, 5.41) is 8.39. The number of hydrogen-bond donors (Lipinski definition) is 2. The van der Waals surface area contributed by atoms with Crippen LogP contribution in [0.1, 0.15) is 12.6 Å². The Morgan fingerprint density at radius 1 is 1.43 bits per heavy atom. The van der Waals surface area contributed by atoms with Crippen LogP contribution in [-0.4, -0.2) is 16.2 Å². The molecule has 0 saturated carbocycles. The Hall–Kier alpha value is -1.06. The zero-order chi connectivity index (χ0) is 9.26. The molecule has 0 aliphatic carbocycles. The monoisotopic (exact) mass is 211 g/mol. The first-order valence-electron chi connectivity index (χ1n) is 4.45. The molecule has 1 aromatic heterocycles. The normalized spacial score (nSPS) is 12.4. The standard InChI is InChI=1S/C10H13N3.ClH/c1-7(11)6-10-8-4-2-3-5-9(8)12-13-10;/h2-5,7H,6,11H2,1H3,(H,12,13);1H. The van der Waals surface area contributed by atoms with E-state index in [0.717, 1.165) is 17.6 Å².